The molecule has 5 aliphatic carbocycles. The Hall–Kier alpha value is -13.5. The molecule has 0 fully saturated rings. The minimum absolute atomic E-state index is 0.0231. The van der Waals surface area contributed by atoms with Gasteiger partial charge in [0.1, 0.15) is 0 Å². The van der Waals surface area contributed by atoms with E-state index in [1.54, 1.807) is 0 Å². The Morgan fingerprint density at radius 3 is 0.840 bits per heavy atom. The van der Waals surface area contributed by atoms with Gasteiger partial charge in [0.2, 0.25) is 0 Å². The summed E-state index contributed by atoms with van der Waals surface area (Å²) in [6.07, 6.45) is 0. The van der Waals surface area contributed by atoms with Crippen molar-refractivity contribution in [2.45, 2.75) is 22.7 Å². The van der Waals surface area contributed by atoms with Crippen LogP contribution in [0.5, 0.6) is 0 Å². The lowest BCUT2D eigenvalue weighted by Crippen LogP contribution is -2.28. The molecule has 0 amide bonds. The molecule has 0 aliphatic heterocycles. The number of hydrogen-bond acceptors (Lipinski definition) is 4. The number of fused-ring (bicyclic) bond motifs is 6. The Morgan fingerprint density at radius 1 is 0.170 bits per heavy atom. The van der Waals surface area contributed by atoms with Gasteiger partial charge in [-0.25, -0.2) is 19.9 Å². The molecule has 22 rings (SSSR count). The van der Waals surface area contributed by atoms with Crippen LogP contribution in [0.4, 0.5) is 0 Å². The molecule has 0 radical (unpaired) electrons. The molecule has 5 aliphatic rings. The Bertz CT molecular complexity index is 5860. The van der Waals surface area contributed by atoms with Crippen LogP contribution in [0.25, 0.3) is 112 Å². The van der Waals surface area contributed by atoms with E-state index >= 15 is 0 Å². The summed E-state index contributed by atoms with van der Waals surface area (Å²) in [7, 11) is 0. The Kier molecular flexibility index (Phi) is 14.2. The van der Waals surface area contributed by atoms with Gasteiger partial charge in [-0.3, -0.25) is 0 Å². The van der Waals surface area contributed by atoms with E-state index < -0.39 is 10.8 Å². The first-order valence-electron chi connectivity index (χ1n) is 36.7. The molecule has 0 saturated heterocycles. The van der Waals surface area contributed by atoms with Gasteiger partial charge in [-0.05, 0) is 171 Å². The Labute approximate surface area is 617 Å². The molecule has 494 valence electrons. The van der Waals surface area contributed by atoms with Crippen molar-refractivity contribution in [3.8, 4) is 112 Å². The zero-order valence-electron chi connectivity index (χ0n) is 57.9. The average Bonchev–Trinajstić information content (AvgIpc) is 0.728. The van der Waals surface area contributed by atoms with Gasteiger partial charge in [0.15, 0.2) is 11.6 Å². The fourth-order valence-corrected chi connectivity index (χ4v) is 18.4. The predicted molar refractivity (Wildman–Crippen MR) is 430 cm³/mol. The highest BCUT2D eigenvalue weighted by atomic mass is 14.9. The summed E-state index contributed by atoms with van der Waals surface area (Å²) in [5, 5.41) is 0. The zero-order valence-corrected chi connectivity index (χ0v) is 57.9. The topological polar surface area (TPSA) is 51.6 Å². The van der Waals surface area contributed by atoms with Crippen LogP contribution in [-0.2, 0) is 10.8 Å². The lowest BCUT2D eigenvalue weighted by Gasteiger charge is -2.42. The molecule has 106 heavy (non-hydrogen) atoms. The smallest absolute Gasteiger partial charge is 0.160 e. The van der Waals surface area contributed by atoms with Gasteiger partial charge in [0.05, 0.1) is 33.6 Å². The van der Waals surface area contributed by atoms with E-state index in [0.717, 1.165) is 78.4 Å². The molecule has 4 nitrogen and oxygen atoms in total. The summed E-state index contributed by atoms with van der Waals surface area (Å²) in [6.45, 7) is 0. The highest BCUT2D eigenvalue weighted by molar-refractivity contribution is 5.91. The minimum Gasteiger partial charge on any atom is -0.228 e. The van der Waals surface area contributed by atoms with E-state index in [4.69, 9.17) is 19.9 Å². The Morgan fingerprint density at radius 2 is 0.453 bits per heavy atom. The number of hydrogen-bond donors (Lipinski definition) is 0. The molecule has 15 aromatic carbocycles. The maximum absolute atomic E-state index is 5.56. The summed E-state index contributed by atoms with van der Waals surface area (Å²) < 4.78 is 0. The van der Waals surface area contributed by atoms with Crippen LogP contribution in [-0.4, -0.2) is 19.9 Å². The third-order valence-electron chi connectivity index (χ3n) is 23.0. The highest BCUT2D eigenvalue weighted by Gasteiger charge is 2.48. The molecular formula is C102H66N4. The summed E-state index contributed by atoms with van der Waals surface area (Å²) in [4.78, 5) is 22.0. The van der Waals surface area contributed by atoms with Gasteiger partial charge in [-0.2, -0.15) is 0 Å². The second-order valence-electron chi connectivity index (χ2n) is 28.6. The summed E-state index contributed by atoms with van der Waals surface area (Å²) in [6, 6.07) is 142. The SMILES string of the molecule is c1ccc(-c2cc(-c3cccc(-c4ccc5c(c4)C(c4ccccc4)(c4ccccc4)c4ccccc4-5)c3)nc(-c3ccc4c(c3)C3c5ccccc5C4c4cc(-c5nc(-c6ccccc6)cc(-c6cccc(-c7ccc8c(c7)C(c7ccccc7)(c7ccccc7)c7ccccc7-8)c6)n5)ccc43)n2)cc1. The highest BCUT2D eigenvalue weighted by Crippen LogP contribution is 2.60. The first kappa shape index (κ1) is 61.2. The molecule has 0 spiro atoms. The van der Waals surface area contributed by atoms with E-state index in [-0.39, 0.29) is 11.8 Å². The summed E-state index contributed by atoms with van der Waals surface area (Å²) >= 11 is 0. The van der Waals surface area contributed by atoms with Gasteiger partial charge in [0, 0.05) is 45.2 Å². The average molecular weight is 1350 g/mol. The van der Waals surface area contributed by atoms with E-state index in [2.05, 4.69) is 388 Å². The second-order valence-corrected chi connectivity index (χ2v) is 28.6. The normalized spacial score (nSPS) is 14.8. The maximum atomic E-state index is 5.56. The van der Waals surface area contributed by atoms with Crippen LogP contribution in [0.2, 0.25) is 0 Å². The predicted octanol–water partition coefficient (Wildman–Crippen LogP) is 24.3. The fraction of sp³-hybridized carbons (Fsp3) is 0.0392. The summed E-state index contributed by atoms with van der Waals surface area (Å²) in [5.41, 5.74) is 36.0. The van der Waals surface area contributed by atoms with E-state index in [1.807, 2.05) is 0 Å². The van der Waals surface area contributed by atoms with Gasteiger partial charge in [-0.1, -0.05) is 340 Å². The first-order chi connectivity index (χ1) is 52.5. The quantitative estimate of drug-likeness (QED) is 0.122. The molecule has 2 unspecified atom stereocenters. The van der Waals surface area contributed by atoms with Crippen molar-refractivity contribution >= 4 is 0 Å². The number of rotatable bonds is 12. The Balaban J connectivity index is 0.647. The largest absolute Gasteiger partial charge is 0.228 e. The van der Waals surface area contributed by atoms with Gasteiger partial charge >= 0.3 is 0 Å². The number of nitrogens with zero attached hydrogens (tertiary/aromatic N) is 4. The number of benzene rings is 15. The van der Waals surface area contributed by atoms with Crippen molar-refractivity contribution in [1.82, 2.24) is 19.9 Å². The van der Waals surface area contributed by atoms with Gasteiger partial charge < -0.3 is 0 Å². The molecule has 0 saturated carbocycles. The van der Waals surface area contributed by atoms with Crippen LogP contribution in [0.3, 0.4) is 0 Å². The van der Waals surface area contributed by atoms with Crippen LogP contribution in [0, 0.1) is 0 Å². The van der Waals surface area contributed by atoms with Crippen molar-refractivity contribution in [1.29, 1.82) is 0 Å². The van der Waals surface area contributed by atoms with E-state index in [9.17, 15) is 0 Å². The lowest BCUT2D eigenvalue weighted by atomic mass is 9.61. The third-order valence-corrected chi connectivity index (χ3v) is 23.0. The van der Waals surface area contributed by atoms with Crippen molar-refractivity contribution in [2.75, 3.05) is 0 Å². The van der Waals surface area contributed by atoms with Crippen molar-refractivity contribution in [2.24, 2.45) is 0 Å². The summed E-state index contributed by atoms with van der Waals surface area (Å²) in [5.74, 6) is 1.32. The lowest BCUT2D eigenvalue weighted by molar-refractivity contribution is 0.754. The van der Waals surface area contributed by atoms with Crippen molar-refractivity contribution < 1.29 is 0 Å². The monoisotopic (exact) mass is 1350 g/mol. The van der Waals surface area contributed by atoms with Crippen LogP contribution >= 0.6 is 0 Å². The maximum Gasteiger partial charge on any atom is 0.160 e. The van der Waals surface area contributed by atoms with Gasteiger partial charge in [-0.15, -0.1) is 0 Å². The molecule has 2 bridgehead atoms. The molecular weight excluding hydrogens is 1280 g/mol. The molecule has 2 atom stereocenters. The van der Waals surface area contributed by atoms with Gasteiger partial charge in [0.25, 0.3) is 0 Å². The molecule has 17 aromatic rings. The first-order valence-corrected chi connectivity index (χ1v) is 36.7. The fourth-order valence-electron chi connectivity index (χ4n) is 18.4. The van der Waals surface area contributed by atoms with Crippen LogP contribution in [0.1, 0.15) is 89.7 Å². The molecule has 4 heteroatoms. The third kappa shape index (κ3) is 9.54. The standard InChI is InChI=1S/C102H66N4/c1-7-27-65(28-8-1)93-63-95(71-33-25-31-67(57-71)69-49-53-81-79-43-21-23-47-89(79)101(91(81)61-69,75-35-11-3-12-36-75)76-37-13-4-14-38-76)105-99(103-93)73-51-55-85-87(59-73)97-83-45-19-20-46-84(83)98(85)88-60-74(52-56-86(88)97)100-104-94(66-29-9-2-10-30-66)64-96(106-100)72-34-26-32-68(58-72)70-50-54-82-80-44-22-24-48-90(80)102(92(82)62-70,77-39-15-5-16-40-77)78-41-17-6-18-42-78/h1-64,97-98H. The molecule has 0 N–H and O–H groups in total. The van der Waals surface area contributed by atoms with E-state index in [0.29, 0.717) is 11.6 Å². The minimum atomic E-state index is -0.510. The van der Waals surface area contributed by atoms with Crippen LogP contribution in [0.15, 0.2) is 388 Å². The zero-order chi connectivity index (χ0) is 69.9. The second kappa shape index (κ2) is 24.6. The number of aromatic nitrogens is 4. The van der Waals surface area contributed by atoms with Crippen LogP contribution < -0.4 is 0 Å². The molecule has 2 aromatic heterocycles. The van der Waals surface area contributed by atoms with E-state index in [1.165, 1.54) is 100 Å². The van der Waals surface area contributed by atoms with Crippen molar-refractivity contribution in [3.63, 3.8) is 0 Å². The van der Waals surface area contributed by atoms with Crippen molar-refractivity contribution in [3.05, 3.63) is 466 Å². The molecule has 2 heterocycles.